The van der Waals surface area contributed by atoms with Crippen molar-refractivity contribution >= 4 is 81.7 Å². The summed E-state index contributed by atoms with van der Waals surface area (Å²) < 4.78 is 64.7. The van der Waals surface area contributed by atoms with Gasteiger partial charge in [-0.2, -0.15) is 24.9 Å². The summed E-state index contributed by atoms with van der Waals surface area (Å²) in [6.45, 7) is 5.70. The number of fused-ring (bicyclic) bond motifs is 2. The monoisotopic (exact) mass is 1330 g/mol. The van der Waals surface area contributed by atoms with E-state index >= 15 is 0 Å². The molecule has 3 aromatic carbocycles. The molecule has 8 rings (SSSR count). The highest BCUT2D eigenvalue weighted by Crippen LogP contribution is 2.52. The molecule has 94 heavy (non-hydrogen) atoms. The first-order valence-corrected chi connectivity index (χ1v) is 32.6. The van der Waals surface area contributed by atoms with Gasteiger partial charge >= 0.3 is 23.8 Å². The number of esters is 1. The van der Waals surface area contributed by atoms with Gasteiger partial charge in [0.25, 0.3) is 11.8 Å². The molecule has 5 heterocycles. The lowest BCUT2D eigenvalue weighted by Gasteiger charge is -2.21. The van der Waals surface area contributed by atoms with E-state index in [0.717, 1.165) is 54.2 Å². The second-order valence-electron chi connectivity index (χ2n) is 22.5. The number of urea groups is 1. The highest BCUT2D eigenvalue weighted by Gasteiger charge is 2.65. The van der Waals surface area contributed by atoms with E-state index in [1.165, 1.54) is 17.0 Å². The molecular formula is C64H82F3N15O11S. The lowest BCUT2D eigenvalue weighted by atomic mass is 10.0. The molecule has 30 heteroatoms. The highest BCUT2D eigenvalue weighted by molar-refractivity contribution is 8.00. The van der Waals surface area contributed by atoms with Crippen LogP contribution in [0.1, 0.15) is 109 Å². The molecule has 0 saturated carbocycles. The number of hydrogen-bond acceptors (Lipinski definition) is 18. The number of anilines is 2. The third-order valence-corrected chi connectivity index (χ3v) is 17.2. The normalized spacial score (nSPS) is 16.5. The first-order valence-electron chi connectivity index (χ1n) is 31.6. The number of imidazole rings is 1. The molecule has 4 atom stereocenters. The molecule has 2 fully saturated rings. The van der Waals surface area contributed by atoms with Crippen molar-refractivity contribution in [3.05, 3.63) is 119 Å². The van der Waals surface area contributed by atoms with Gasteiger partial charge < -0.3 is 66.5 Å². The summed E-state index contributed by atoms with van der Waals surface area (Å²) in [5, 5.41) is 27.1. The van der Waals surface area contributed by atoms with Crippen molar-refractivity contribution in [1.29, 1.82) is 0 Å². The molecule has 0 unspecified atom stereocenters. The third-order valence-electron chi connectivity index (χ3n) is 15.7. The average Bonchev–Trinajstić information content (AvgIpc) is 1.58. The van der Waals surface area contributed by atoms with Crippen LogP contribution in [0.4, 0.5) is 29.5 Å². The largest absolute Gasteiger partial charge is 0.466 e. The first kappa shape index (κ1) is 71.1. The zero-order valence-electron chi connectivity index (χ0n) is 52.7. The van der Waals surface area contributed by atoms with Crippen LogP contribution in [0.2, 0.25) is 0 Å². The number of aliphatic imine (C=N–C) groups is 1. The summed E-state index contributed by atoms with van der Waals surface area (Å²) >= 11 is 1.87. The average molecular weight is 1330 g/mol. The predicted octanol–water partition coefficient (Wildman–Crippen LogP) is 5.94. The number of thioether (sulfide) groups is 1. The molecule has 0 bridgehead atoms. The van der Waals surface area contributed by atoms with Crippen molar-refractivity contribution < 1.29 is 65.7 Å². The summed E-state index contributed by atoms with van der Waals surface area (Å²) in [7, 11) is 1.89. The van der Waals surface area contributed by atoms with Gasteiger partial charge in [-0.1, -0.05) is 24.6 Å². The highest BCUT2D eigenvalue weighted by atomic mass is 32.2. The van der Waals surface area contributed by atoms with E-state index in [-0.39, 0.29) is 86.9 Å². The number of aryl methyl sites for hydroxylation is 1. The van der Waals surface area contributed by atoms with E-state index in [9.17, 15) is 46.7 Å². The number of benzene rings is 3. The topological polar surface area (TPSA) is 338 Å². The molecule has 2 aromatic heterocycles. The van der Waals surface area contributed by atoms with Gasteiger partial charge in [0.15, 0.2) is 0 Å². The van der Waals surface area contributed by atoms with Crippen molar-refractivity contribution in [3.63, 3.8) is 0 Å². The number of amidine groups is 1. The molecule has 3 aliphatic rings. The number of carbonyl (C=O) groups excluding carboxylic acids is 7. The van der Waals surface area contributed by atoms with Gasteiger partial charge in [0.05, 0.1) is 75.5 Å². The third kappa shape index (κ3) is 20.9. The summed E-state index contributed by atoms with van der Waals surface area (Å²) in [5.74, 6) is -0.352. The van der Waals surface area contributed by atoms with Crippen LogP contribution in [0.3, 0.4) is 0 Å². The van der Waals surface area contributed by atoms with Crippen LogP contribution in [0.5, 0.6) is 0 Å². The maximum Gasteiger partial charge on any atom is 0.442 e. The van der Waals surface area contributed by atoms with Crippen LogP contribution in [0.15, 0.2) is 106 Å². The number of alkyl halides is 3. The fourth-order valence-corrected chi connectivity index (χ4v) is 12.0. The number of amides is 7. The summed E-state index contributed by atoms with van der Waals surface area (Å²) in [4.78, 5) is 105. The second kappa shape index (κ2) is 35.5. The standard InChI is InChI=1S/C64H82F3N15O11S/c1-3-93-56(85)25-31-82(52-13-6-7-26-69-52)61(88)44-19-24-50-47(38-44)75-53(81(50)2)40-74-46-22-17-42(18-23-46)58(68)72-28-9-8-27-71-55(84)39-48(76-59(86)43-15-20-45(21-16-43)63(79-80-63)64(65,66)67)60(87)73-30-11-33-91-35-37-92-36-34-90-32-10-29-70-54(83)14-5-4-12-51-57-49(41-94-51)77-62(89)78-57/h6-7,13,15-24,26,38,48-49,51,57,74H,3-5,8-12,14,25,27-37,39-41H2,1-2H3,(H2,68,72)(H,70,83)(H,71,84)(H,73,87)(H,76,86)(H2,77,78,89)/t48-,49-,51-,57-/m0/s1. The Morgan fingerprint density at radius 3 is 2.17 bits per heavy atom. The molecule has 7 amide bonds. The van der Waals surface area contributed by atoms with Crippen molar-refractivity contribution in [2.45, 2.75) is 113 Å². The van der Waals surface area contributed by atoms with E-state index in [0.29, 0.717) is 112 Å². The smallest absolute Gasteiger partial charge is 0.442 e. The zero-order chi connectivity index (χ0) is 66.9. The Morgan fingerprint density at radius 1 is 0.798 bits per heavy atom. The van der Waals surface area contributed by atoms with Crippen LogP contribution < -0.4 is 47.9 Å². The molecule has 2 saturated heterocycles. The van der Waals surface area contributed by atoms with Crippen molar-refractivity contribution in [2.75, 3.05) is 94.9 Å². The van der Waals surface area contributed by atoms with Gasteiger partial charge in [-0.25, -0.2) is 14.8 Å². The zero-order valence-corrected chi connectivity index (χ0v) is 53.5. The predicted molar refractivity (Wildman–Crippen MR) is 346 cm³/mol. The van der Waals surface area contributed by atoms with E-state index in [4.69, 9.17) is 29.7 Å². The lowest BCUT2D eigenvalue weighted by Crippen LogP contribution is -2.49. The fourth-order valence-electron chi connectivity index (χ4n) is 10.5. The molecule has 3 aliphatic heterocycles. The van der Waals surface area contributed by atoms with Crippen LogP contribution in [-0.4, -0.2) is 176 Å². The summed E-state index contributed by atoms with van der Waals surface area (Å²) in [6, 6.07) is 21.3. The number of rotatable bonds is 40. The quantitative estimate of drug-likeness (QED) is 0.00739. The second-order valence-corrected chi connectivity index (χ2v) is 23.7. The molecule has 0 radical (unpaired) electrons. The van der Waals surface area contributed by atoms with Crippen molar-refractivity contribution in [3.8, 4) is 0 Å². The van der Waals surface area contributed by atoms with Crippen LogP contribution in [0, 0.1) is 0 Å². The maximum atomic E-state index is 13.8. The van der Waals surface area contributed by atoms with E-state index < -0.39 is 48.0 Å². The summed E-state index contributed by atoms with van der Waals surface area (Å²) in [5.41, 5.74) is 6.67. The Balaban J connectivity index is 0.701. The molecule has 0 aliphatic carbocycles. The SMILES string of the molecule is CCOC(=O)CCN(C(=O)c1ccc2c(c1)nc(CNc1ccc(C(N)=NCCCCNC(=O)C[C@H](NC(=O)c3ccc(C4(C(F)(F)F)N=N4)cc3)C(=O)NCCCOCCOCCOCCCNC(=O)CCCC[C@@H]3SC[C@@H]4NC(=O)N[C@@H]43)cc1)n2C)c1ccccn1. The number of nitrogens with one attached hydrogen (secondary N) is 7. The molecule has 0 spiro atoms. The Labute approximate surface area is 546 Å². The Hall–Kier alpha value is -8.74. The Bertz CT molecular complexity index is 3410. The number of nitrogens with two attached hydrogens (primary N) is 1. The number of carbonyl (C=O) groups is 7. The number of nitrogens with zero attached hydrogens (tertiary/aromatic N) is 7. The van der Waals surface area contributed by atoms with Gasteiger partial charge in [-0.15, -0.1) is 10.2 Å². The number of unbranched alkanes of at least 4 members (excludes halogenated alkanes) is 2. The molecular weight excluding hydrogens is 1240 g/mol. The van der Waals surface area contributed by atoms with Gasteiger partial charge in [0.2, 0.25) is 17.7 Å². The number of aromatic nitrogens is 3. The summed E-state index contributed by atoms with van der Waals surface area (Å²) in [6.07, 6.45) is 1.65. The van der Waals surface area contributed by atoms with Crippen LogP contribution >= 0.6 is 11.8 Å². The molecule has 9 N–H and O–H groups in total. The molecule has 26 nitrogen and oxygen atoms in total. The van der Waals surface area contributed by atoms with Crippen molar-refractivity contribution in [1.82, 2.24) is 46.4 Å². The van der Waals surface area contributed by atoms with Gasteiger partial charge in [-0.3, -0.25) is 38.7 Å². The molecule has 5 aromatic rings. The Morgan fingerprint density at radius 2 is 1.48 bits per heavy atom. The number of hydrogen-bond donors (Lipinski definition) is 8. The van der Waals surface area contributed by atoms with Crippen molar-refractivity contribution in [2.24, 2.45) is 28.0 Å². The van der Waals surface area contributed by atoms with E-state index in [1.807, 2.05) is 53.7 Å². The minimum atomic E-state index is -4.76. The van der Waals surface area contributed by atoms with E-state index in [1.54, 1.807) is 43.5 Å². The minimum Gasteiger partial charge on any atom is -0.466 e. The number of pyridine rings is 1. The van der Waals surface area contributed by atoms with Gasteiger partial charge in [0, 0.05) is 105 Å². The fraction of sp³-hybridized carbons (Fsp3) is 0.500. The Kier molecular flexibility index (Phi) is 26.9. The van der Waals surface area contributed by atoms with Gasteiger partial charge in [0.1, 0.15) is 23.5 Å². The number of halogens is 3. The lowest BCUT2D eigenvalue weighted by molar-refractivity contribution is -0.166. The molecule has 506 valence electrons. The van der Waals surface area contributed by atoms with Gasteiger partial charge in [-0.05, 0) is 112 Å². The van der Waals surface area contributed by atoms with E-state index in [2.05, 4.69) is 57.4 Å². The first-order chi connectivity index (χ1) is 45.4. The maximum absolute atomic E-state index is 13.8. The number of ether oxygens (including phenoxy) is 4. The van der Waals surface area contributed by atoms with Crippen LogP contribution in [0.25, 0.3) is 11.0 Å². The van der Waals surface area contributed by atoms with Crippen LogP contribution in [-0.2, 0) is 57.4 Å². The minimum absolute atomic E-state index is 0.00439.